The summed E-state index contributed by atoms with van der Waals surface area (Å²) in [5.74, 6) is 1.36. The molecule has 6 heteroatoms. The molecule has 0 spiro atoms. The van der Waals surface area contributed by atoms with Crippen LogP contribution in [-0.4, -0.2) is 45.3 Å². The van der Waals surface area contributed by atoms with Crippen molar-refractivity contribution in [3.63, 3.8) is 0 Å². The number of piperidine rings is 1. The van der Waals surface area contributed by atoms with E-state index in [1.54, 1.807) is 11.8 Å². The summed E-state index contributed by atoms with van der Waals surface area (Å²) in [4.78, 5) is 0. The summed E-state index contributed by atoms with van der Waals surface area (Å²) < 4.78 is 26.2. The Morgan fingerprint density at radius 3 is 2.83 bits per heavy atom. The molecule has 0 bridgehead atoms. The Kier molecular flexibility index (Phi) is 8.30. The van der Waals surface area contributed by atoms with Gasteiger partial charge in [0.05, 0.1) is 5.75 Å². The fourth-order valence-electron chi connectivity index (χ4n) is 2.14. The number of unbranched alkanes of at least 4 members (excludes halogenated alkanes) is 1. The minimum absolute atomic E-state index is 0.257. The van der Waals surface area contributed by atoms with Crippen LogP contribution in [0.25, 0.3) is 0 Å². The molecule has 4 nitrogen and oxygen atoms in total. The first-order chi connectivity index (χ1) is 8.64. The molecule has 0 aromatic carbocycles. The van der Waals surface area contributed by atoms with Gasteiger partial charge in [-0.2, -0.15) is 11.8 Å². The van der Waals surface area contributed by atoms with Crippen molar-refractivity contribution < 1.29 is 8.42 Å². The average Bonchev–Trinajstić information content (AvgIpc) is 2.38. The van der Waals surface area contributed by atoms with E-state index < -0.39 is 10.0 Å². The number of sulfonamides is 1. The van der Waals surface area contributed by atoms with Crippen LogP contribution >= 0.6 is 11.8 Å². The lowest BCUT2D eigenvalue weighted by molar-refractivity contribution is 0.392. The zero-order valence-corrected chi connectivity index (χ0v) is 12.9. The predicted octanol–water partition coefficient (Wildman–Crippen LogP) is 1.58. The van der Waals surface area contributed by atoms with Crippen molar-refractivity contribution in [2.24, 2.45) is 0 Å². The van der Waals surface area contributed by atoms with Crippen LogP contribution in [0.4, 0.5) is 0 Å². The van der Waals surface area contributed by atoms with Gasteiger partial charge in [0.2, 0.25) is 10.0 Å². The number of rotatable bonds is 9. The van der Waals surface area contributed by atoms with Crippen molar-refractivity contribution in [1.82, 2.24) is 10.0 Å². The van der Waals surface area contributed by atoms with E-state index in [1.807, 2.05) is 0 Å². The average molecular weight is 294 g/mol. The SMILES string of the molecule is CSCCCCNS(=O)(=O)CCC1CCCCN1. The fraction of sp³-hybridized carbons (Fsp3) is 1.00. The van der Waals surface area contributed by atoms with Gasteiger partial charge < -0.3 is 5.32 Å². The van der Waals surface area contributed by atoms with E-state index in [-0.39, 0.29) is 5.75 Å². The number of nitrogens with one attached hydrogen (secondary N) is 2. The fourth-order valence-corrected chi connectivity index (χ4v) is 3.83. The molecule has 108 valence electrons. The van der Waals surface area contributed by atoms with Gasteiger partial charge in [-0.15, -0.1) is 0 Å². The molecule has 1 fully saturated rings. The molecule has 1 unspecified atom stereocenters. The van der Waals surface area contributed by atoms with Crippen molar-refractivity contribution >= 4 is 21.8 Å². The molecule has 1 rings (SSSR count). The molecule has 1 aliphatic rings. The molecule has 18 heavy (non-hydrogen) atoms. The van der Waals surface area contributed by atoms with E-state index in [2.05, 4.69) is 16.3 Å². The van der Waals surface area contributed by atoms with Crippen LogP contribution in [0.2, 0.25) is 0 Å². The van der Waals surface area contributed by atoms with Gasteiger partial charge in [0.15, 0.2) is 0 Å². The van der Waals surface area contributed by atoms with Gasteiger partial charge in [0.25, 0.3) is 0 Å². The maximum absolute atomic E-state index is 11.8. The van der Waals surface area contributed by atoms with Crippen molar-refractivity contribution in [2.75, 3.05) is 30.9 Å². The zero-order valence-electron chi connectivity index (χ0n) is 11.3. The third-order valence-electron chi connectivity index (χ3n) is 3.24. The van der Waals surface area contributed by atoms with E-state index >= 15 is 0 Å². The van der Waals surface area contributed by atoms with Gasteiger partial charge >= 0.3 is 0 Å². The Hall–Kier alpha value is 0.220. The molecular formula is C12H26N2O2S2. The van der Waals surface area contributed by atoms with Gasteiger partial charge in [-0.3, -0.25) is 0 Å². The highest BCUT2D eigenvalue weighted by molar-refractivity contribution is 7.98. The van der Waals surface area contributed by atoms with Gasteiger partial charge in [-0.25, -0.2) is 13.1 Å². The lowest BCUT2D eigenvalue weighted by Gasteiger charge is -2.23. The summed E-state index contributed by atoms with van der Waals surface area (Å²) in [7, 11) is -3.06. The Bertz CT molecular complexity index is 301. The van der Waals surface area contributed by atoms with Crippen LogP contribution in [0.15, 0.2) is 0 Å². The van der Waals surface area contributed by atoms with Gasteiger partial charge in [-0.05, 0) is 50.7 Å². The first kappa shape index (κ1) is 16.3. The first-order valence-electron chi connectivity index (χ1n) is 6.84. The van der Waals surface area contributed by atoms with Crippen LogP contribution in [0.5, 0.6) is 0 Å². The maximum atomic E-state index is 11.8. The van der Waals surface area contributed by atoms with Crippen LogP contribution < -0.4 is 10.0 Å². The second kappa shape index (κ2) is 9.18. The molecule has 0 saturated carbocycles. The second-order valence-electron chi connectivity index (χ2n) is 4.85. The molecule has 0 aromatic rings. The summed E-state index contributed by atoms with van der Waals surface area (Å²) >= 11 is 1.80. The monoisotopic (exact) mass is 294 g/mol. The smallest absolute Gasteiger partial charge is 0.211 e. The molecule has 1 aliphatic heterocycles. The highest BCUT2D eigenvalue weighted by Crippen LogP contribution is 2.10. The minimum atomic E-state index is -3.06. The van der Waals surface area contributed by atoms with Crippen LogP contribution in [0.1, 0.15) is 38.5 Å². The Balaban J connectivity index is 2.10. The molecule has 0 aromatic heterocycles. The number of hydrogen-bond acceptors (Lipinski definition) is 4. The minimum Gasteiger partial charge on any atom is -0.314 e. The van der Waals surface area contributed by atoms with E-state index in [0.29, 0.717) is 12.6 Å². The third kappa shape index (κ3) is 7.61. The molecule has 2 N–H and O–H groups in total. The molecule has 1 atom stereocenters. The molecule has 1 saturated heterocycles. The molecule has 0 amide bonds. The number of hydrogen-bond donors (Lipinski definition) is 2. The Morgan fingerprint density at radius 1 is 1.33 bits per heavy atom. The molecule has 1 heterocycles. The summed E-state index contributed by atoms with van der Waals surface area (Å²) in [6.45, 7) is 1.62. The quantitative estimate of drug-likeness (QED) is 0.634. The highest BCUT2D eigenvalue weighted by atomic mass is 32.2. The van der Waals surface area contributed by atoms with Crippen molar-refractivity contribution in [2.45, 2.75) is 44.6 Å². The number of thioether (sulfide) groups is 1. The summed E-state index contributed by atoms with van der Waals surface area (Å²) in [6, 6.07) is 0.395. The van der Waals surface area contributed by atoms with E-state index in [1.165, 1.54) is 12.8 Å². The van der Waals surface area contributed by atoms with E-state index in [9.17, 15) is 8.42 Å². The van der Waals surface area contributed by atoms with Crippen LogP contribution in [0.3, 0.4) is 0 Å². The van der Waals surface area contributed by atoms with Crippen molar-refractivity contribution in [1.29, 1.82) is 0 Å². The third-order valence-corrected chi connectivity index (χ3v) is 5.36. The first-order valence-corrected chi connectivity index (χ1v) is 9.88. The van der Waals surface area contributed by atoms with Gasteiger partial charge in [0, 0.05) is 12.6 Å². The highest BCUT2D eigenvalue weighted by Gasteiger charge is 2.16. The lowest BCUT2D eigenvalue weighted by atomic mass is 10.0. The normalized spacial score (nSPS) is 21.1. The molecular weight excluding hydrogens is 268 g/mol. The van der Waals surface area contributed by atoms with E-state index in [0.717, 1.165) is 38.0 Å². The Morgan fingerprint density at radius 2 is 2.17 bits per heavy atom. The molecule has 0 radical (unpaired) electrons. The molecule has 0 aliphatic carbocycles. The van der Waals surface area contributed by atoms with Gasteiger partial charge in [-0.1, -0.05) is 6.42 Å². The van der Waals surface area contributed by atoms with Crippen LogP contribution in [0, 0.1) is 0 Å². The second-order valence-corrected chi connectivity index (χ2v) is 7.76. The largest absolute Gasteiger partial charge is 0.314 e. The van der Waals surface area contributed by atoms with E-state index in [4.69, 9.17) is 0 Å². The topological polar surface area (TPSA) is 58.2 Å². The standard InChI is InChI=1S/C12H26N2O2S2/c1-17-10-5-4-9-14-18(15,16)11-7-12-6-2-3-8-13-12/h12-14H,2-11H2,1H3. The maximum Gasteiger partial charge on any atom is 0.211 e. The predicted molar refractivity (Wildman–Crippen MR) is 79.7 cm³/mol. The summed E-state index contributed by atoms with van der Waals surface area (Å²) in [5.41, 5.74) is 0. The van der Waals surface area contributed by atoms with Crippen LogP contribution in [-0.2, 0) is 10.0 Å². The van der Waals surface area contributed by atoms with Crippen molar-refractivity contribution in [3.05, 3.63) is 0 Å². The van der Waals surface area contributed by atoms with Gasteiger partial charge in [0.1, 0.15) is 0 Å². The van der Waals surface area contributed by atoms with Crippen molar-refractivity contribution in [3.8, 4) is 0 Å². The summed E-state index contributed by atoms with van der Waals surface area (Å²) in [5, 5.41) is 3.38. The summed E-state index contributed by atoms with van der Waals surface area (Å²) in [6.07, 6.45) is 8.37. The Labute approximate surface area is 116 Å². The lowest BCUT2D eigenvalue weighted by Crippen LogP contribution is -2.37. The zero-order chi connectivity index (χ0) is 13.3.